The Balaban J connectivity index is 1.39. The van der Waals surface area contributed by atoms with Gasteiger partial charge in [0, 0.05) is 77.3 Å². The van der Waals surface area contributed by atoms with Crippen LogP contribution in [-0.2, 0) is 22.4 Å². The third-order valence-electron chi connectivity index (χ3n) is 6.79. The molecule has 1 aromatic heterocycles. The van der Waals surface area contributed by atoms with E-state index in [1.54, 1.807) is 12.1 Å². The Morgan fingerprint density at radius 1 is 1.09 bits per heavy atom. The molecule has 2 amide bonds. The monoisotopic (exact) mass is 487 g/mol. The molecule has 0 saturated carbocycles. The Morgan fingerprint density at radius 3 is 2.51 bits per heavy atom. The van der Waals surface area contributed by atoms with Crippen molar-refractivity contribution in [1.29, 1.82) is 0 Å². The van der Waals surface area contributed by atoms with Crippen molar-refractivity contribution in [3.63, 3.8) is 0 Å². The second-order valence-electron chi connectivity index (χ2n) is 9.34. The van der Waals surface area contributed by atoms with E-state index in [2.05, 4.69) is 22.1 Å². The van der Waals surface area contributed by atoms with E-state index in [1.807, 2.05) is 16.7 Å². The lowest BCUT2D eigenvalue weighted by atomic mass is 9.90. The van der Waals surface area contributed by atoms with Crippen molar-refractivity contribution in [2.75, 3.05) is 46.3 Å². The molecule has 4 rings (SSSR count). The van der Waals surface area contributed by atoms with Crippen LogP contribution in [0.4, 0.5) is 4.39 Å². The number of ether oxygens (including phenoxy) is 1. The molecule has 190 valence electrons. The van der Waals surface area contributed by atoms with Crippen molar-refractivity contribution < 1.29 is 23.2 Å². The Bertz CT molecular complexity index is 990. The van der Waals surface area contributed by atoms with Gasteiger partial charge >= 0.3 is 0 Å². The molecular formula is C25H34FN5O4. The smallest absolute Gasteiger partial charge is 0.227 e. The second-order valence-corrected chi connectivity index (χ2v) is 9.34. The van der Waals surface area contributed by atoms with Crippen molar-refractivity contribution in [2.24, 2.45) is 5.92 Å². The maximum atomic E-state index is 13.3. The van der Waals surface area contributed by atoms with Crippen LogP contribution in [0.3, 0.4) is 0 Å². The van der Waals surface area contributed by atoms with Gasteiger partial charge in [-0.2, -0.15) is 4.98 Å². The van der Waals surface area contributed by atoms with Crippen LogP contribution < -0.4 is 4.74 Å². The standard InChI is InChI=1S/C25H34FN5O4/c1-3-22-27-23(35-28-22)8-9-24(32)31-11-10-21(34-20-6-4-19(26)5-7-20)18(17-31)16-25(33)30-14-12-29(2)13-15-30/h4-7,18,21H,3,8-17H2,1-2H3/t18-,21-/m0/s1. The number of aromatic nitrogens is 2. The molecule has 2 atom stereocenters. The SMILES string of the molecule is CCc1noc(CCC(=O)N2CC[C@H](Oc3ccc(F)cc3)[C@@H](CC(=O)N3CCN(C)CC3)C2)n1. The average molecular weight is 488 g/mol. The normalized spacial score (nSPS) is 21.2. The highest BCUT2D eigenvalue weighted by Gasteiger charge is 2.35. The van der Waals surface area contributed by atoms with Crippen molar-refractivity contribution in [1.82, 2.24) is 24.8 Å². The van der Waals surface area contributed by atoms with E-state index in [0.717, 1.165) is 13.1 Å². The lowest BCUT2D eigenvalue weighted by Gasteiger charge is -2.40. The predicted molar refractivity (Wildman–Crippen MR) is 126 cm³/mol. The number of nitrogens with zero attached hydrogens (tertiary/aromatic N) is 5. The van der Waals surface area contributed by atoms with E-state index in [4.69, 9.17) is 9.26 Å². The van der Waals surface area contributed by atoms with E-state index >= 15 is 0 Å². The fourth-order valence-electron chi connectivity index (χ4n) is 4.59. The van der Waals surface area contributed by atoms with Gasteiger partial charge in [0.05, 0.1) is 0 Å². The van der Waals surface area contributed by atoms with Gasteiger partial charge in [-0.1, -0.05) is 12.1 Å². The predicted octanol–water partition coefficient (Wildman–Crippen LogP) is 2.16. The number of likely N-dealkylation sites (tertiary alicyclic amines) is 1. The van der Waals surface area contributed by atoms with Crippen LogP contribution in [0.15, 0.2) is 28.8 Å². The first-order valence-corrected chi connectivity index (χ1v) is 12.4. The number of benzene rings is 1. The van der Waals surface area contributed by atoms with Gasteiger partial charge in [-0.15, -0.1) is 0 Å². The maximum absolute atomic E-state index is 13.3. The molecule has 0 bridgehead atoms. The number of likely N-dealkylation sites (N-methyl/N-ethyl adjacent to an activating group) is 1. The molecule has 1 aromatic carbocycles. The first-order chi connectivity index (χ1) is 16.9. The zero-order valence-corrected chi connectivity index (χ0v) is 20.5. The van der Waals surface area contributed by atoms with Crippen molar-refractivity contribution in [2.45, 2.75) is 45.1 Å². The van der Waals surface area contributed by atoms with Gasteiger partial charge in [-0.05, 0) is 31.3 Å². The number of rotatable bonds is 8. The first-order valence-electron chi connectivity index (χ1n) is 12.4. The molecule has 9 nitrogen and oxygen atoms in total. The third kappa shape index (κ3) is 6.78. The van der Waals surface area contributed by atoms with Gasteiger partial charge in [0.2, 0.25) is 17.7 Å². The highest BCUT2D eigenvalue weighted by molar-refractivity contribution is 5.78. The summed E-state index contributed by atoms with van der Waals surface area (Å²) in [6.07, 6.45) is 2.02. The highest BCUT2D eigenvalue weighted by atomic mass is 19.1. The maximum Gasteiger partial charge on any atom is 0.227 e. The molecule has 0 spiro atoms. The van der Waals surface area contributed by atoms with E-state index < -0.39 is 0 Å². The molecule has 10 heteroatoms. The molecule has 0 N–H and O–H groups in total. The second kappa shape index (κ2) is 11.6. The molecule has 2 aliphatic rings. The molecule has 2 aliphatic heterocycles. The highest BCUT2D eigenvalue weighted by Crippen LogP contribution is 2.27. The molecule has 3 heterocycles. The van der Waals surface area contributed by atoms with Crippen LogP contribution in [0, 0.1) is 11.7 Å². The fraction of sp³-hybridized carbons (Fsp3) is 0.600. The van der Waals surface area contributed by atoms with Crippen LogP contribution in [0.5, 0.6) is 5.75 Å². The van der Waals surface area contributed by atoms with Crippen LogP contribution in [0.2, 0.25) is 0 Å². The lowest BCUT2D eigenvalue weighted by Crippen LogP contribution is -2.51. The largest absolute Gasteiger partial charge is 0.490 e. The molecule has 0 radical (unpaired) electrons. The summed E-state index contributed by atoms with van der Waals surface area (Å²) >= 11 is 0. The van der Waals surface area contributed by atoms with Crippen LogP contribution in [0.1, 0.15) is 37.9 Å². The number of carbonyl (C=O) groups is 2. The summed E-state index contributed by atoms with van der Waals surface area (Å²) in [5.41, 5.74) is 0. The molecular weight excluding hydrogens is 453 g/mol. The third-order valence-corrected chi connectivity index (χ3v) is 6.79. The minimum absolute atomic E-state index is 0.00136. The Kier molecular flexibility index (Phi) is 8.33. The topological polar surface area (TPSA) is 92.0 Å². The van der Waals surface area contributed by atoms with Gasteiger partial charge in [0.15, 0.2) is 5.82 Å². The van der Waals surface area contributed by atoms with E-state index in [0.29, 0.717) is 69.3 Å². The van der Waals surface area contributed by atoms with Crippen molar-refractivity contribution >= 4 is 11.8 Å². The Hall–Kier alpha value is -3.01. The minimum Gasteiger partial charge on any atom is -0.490 e. The lowest BCUT2D eigenvalue weighted by molar-refractivity contribution is -0.140. The van der Waals surface area contributed by atoms with Crippen molar-refractivity contribution in [3.8, 4) is 5.75 Å². The summed E-state index contributed by atoms with van der Waals surface area (Å²) in [6.45, 7) is 6.04. The minimum atomic E-state index is -0.327. The van der Waals surface area contributed by atoms with Gasteiger partial charge in [-0.3, -0.25) is 9.59 Å². The number of halogens is 1. The van der Waals surface area contributed by atoms with E-state index in [9.17, 15) is 14.0 Å². The number of hydrogen-bond donors (Lipinski definition) is 0. The van der Waals surface area contributed by atoms with Crippen LogP contribution in [-0.4, -0.2) is 89.1 Å². The van der Waals surface area contributed by atoms with E-state index in [-0.39, 0.29) is 36.1 Å². The summed E-state index contributed by atoms with van der Waals surface area (Å²) in [4.78, 5) is 36.3. The summed E-state index contributed by atoms with van der Waals surface area (Å²) in [6, 6.07) is 5.92. The molecule has 2 aromatic rings. The molecule has 35 heavy (non-hydrogen) atoms. The number of amides is 2. The quantitative estimate of drug-likeness (QED) is 0.564. The number of hydrogen-bond acceptors (Lipinski definition) is 7. The van der Waals surface area contributed by atoms with Gasteiger partial charge < -0.3 is 24.0 Å². The first kappa shape index (κ1) is 25.1. The number of carbonyl (C=O) groups excluding carboxylic acids is 2. The zero-order chi connectivity index (χ0) is 24.8. The number of aryl methyl sites for hydroxylation is 2. The van der Waals surface area contributed by atoms with Crippen molar-refractivity contribution in [3.05, 3.63) is 41.8 Å². The molecule has 0 unspecified atom stereocenters. The number of piperazine rings is 1. The van der Waals surface area contributed by atoms with Gasteiger partial charge in [-0.25, -0.2) is 4.39 Å². The van der Waals surface area contributed by atoms with Crippen LogP contribution >= 0.6 is 0 Å². The average Bonchev–Trinajstić information content (AvgIpc) is 3.33. The molecule has 0 aliphatic carbocycles. The number of piperidine rings is 1. The summed E-state index contributed by atoms with van der Waals surface area (Å²) < 4.78 is 24.7. The Morgan fingerprint density at radius 2 is 1.83 bits per heavy atom. The van der Waals surface area contributed by atoms with E-state index in [1.165, 1.54) is 12.1 Å². The summed E-state index contributed by atoms with van der Waals surface area (Å²) in [5, 5.41) is 3.88. The summed E-state index contributed by atoms with van der Waals surface area (Å²) in [7, 11) is 2.05. The van der Waals surface area contributed by atoms with Crippen LogP contribution in [0.25, 0.3) is 0 Å². The summed E-state index contributed by atoms with van der Waals surface area (Å²) in [5.74, 6) is 1.27. The zero-order valence-electron chi connectivity index (χ0n) is 20.5. The fourth-order valence-corrected chi connectivity index (χ4v) is 4.59. The Labute approximate surface area is 205 Å². The van der Waals surface area contributed by atoms with Gasteiger partial charge in [0.1, 0.15) is 17.7 Å². The molecule has 2 fully saturated rings. The van der Waals surface area contributed by atoms with Gasteiger partial charge in [0.25, 0.3) is 0 Å². The molecule has 2 saturated heterocycles.